The summed E-state index contributed by atoms with van der Waals surface area (Å²) in [6.07, 6.45) is 1.07. The molecule has 0 saturated heterocycles. The first-order valence-corrected chi connectivity index (χ1v) is 4.54. The Labute approximate surface area is 91.3 Å². The first kappa shape index (κ1) is 12.1. The van der Waals surface area contributed by atoms with E-state index in [1.165, 1.54) is 0 Å². The van der Waals surface area contributed by atoms with Crippen molar-refractivity contribution in [2.45, 2.75) is 32.9 Å². The van der Waals surface area contributed by atoms with Crippen molar-refractivity contribution in [2.24, 2.45) is 0 Å². The average Bonchev–Trinajstić information content (AvgIpc) is 2.48. The number of esters is 1. The van der Waals surface area contributed by atoms with E-state index in [0.29, 0.717) is 0 Å². The van der Waals surface area contributed by atoms with E-state index >= 15 is 0 Å². The number of aromatic nitrogens is 3. The summed E-state index contributed by atoms with van der Waals surface area (Å²) in [4.78, 5) is 20.9. The first-order chi connectivity index (χ1) is 7.28. The monoisotopic (exact) mass is 228 g/mol. The summed E-state index contributed by atoms with van der Waals surface area (Å²) in [7, 11) is 0. The third-order valence-electron chi connectivity index (χ3n) is 1.42. The highest BCUT2D eigenvalue weighted by Crippen LogP contribution is 2.08. The van der Waals surface area contributed by atoms with E-state index in [1.54, 1.807) is 20.8 Å². The fraction of sp³-hybridized carbons (Fsp3) is 0.625. The molecule has 8 nitrogen and oxygen atoms in total. The van der Waals surface area contributed by atoms with E-state index in [2.05, 4.69) is 10.3 Å². The van der Waals surface area contributed by atoms with Gasteiger partial charge in [-0.15, -0.1) is 0 Å². The van der Waals surface area contributed by atoms with Crippen LogP contribution in [0.25, 0.3) is 0 Å². The van der Waals surface area contributed by atoms with E-state index in [-0.39, 0.29) is 6.54 Å². The lowest BCUT2D eigenvalue weighted by molar-refractivity contribution is -0.389. The zero-order chi connectivity index (χ0) is 12.3. The molecule has 88 valence electrons. The summed E-state index contributed by atoms with van der Waals surface area (Å²) in [5.41, 5.74) is -0.594. The molecule has 0 aromatic carbocycles. The van der Waals surface area contributed by atoms with E-state index in [4.69, 9.17) is 4.74 Å². The van der Waals surface area contributed by atoms with Gasteiger partial charge in [0.05, 0.1) is 5.21 Å². The van der Waals surface area contributed by atoms with Crippen LogP contribution < -0.4 is 0 Å². The van der Waals surface area contributed by atoms with Crippen molar-refractivity contribution >= 4 is 11.8 Å². The lowest BCUT2D eigenvalue weighted by atomic mass is 10.2. The van der Waals surface area contributed by atoms with E-state index in [9.17, 15) is 14.9 Å². The molecule has 0 spiro atoms. The summed E-state index contributed by atoms with van der Waals surface area (Å²) < 4.78 is 6.08. The van der Waals surface area contributed by atoms with Crippen LogP contribution in [-0.4, -0.2) is 31.5 Å². The molecule has 0 N–H and O–H groups in total. The number of nitrogens with zero attached hydrogens (tertiary/aromatic N) is 4. The lowest BCUT2D eigenvalue weighted by Crippen LogP contribution is -2.26. The third-order valence-corrected chi connectivity index (χ3v) is 1.42. The Bertz CT molecular complexity index is 406. The molecule has 0 radical (unpaired) electrons. The minimum Gasteiger partial charge on any atom is -0.459 e. The van der Waals surface area contributed by atoms with Crippen LogP contribution in [0.5, 0.6) is 0 Å². The van der Waals surface area contributed by atoms with Crippen LogP contribution in [0.4, 0.5) is 5.82 Å². The molecule has 0 saturated carbocycles. The fourth-order valence-corrected chi connectivity index (χ4v) is 0.955. The van der Waals surface area contributed by atoms with Gasteiger partial charge in [-0.1, -0.05) is 0 Å². The van der Waals surface area contributed by atoms with Gasteiger partial charge in [0.15, 0.2) is 0 Å². The summed E-state index contributed by atoms with van der Waals surface area (Å²) in [6, 6.07) is 0. The molecule has 0 fully saturated rings. The highest BCUT2D eigenvalue weighted by Gasteiger charge is 2.19. The molecule has 0 unspecified atom stereocenters. The highest BCUT2D eigenvalue weighted by molar-refractivity contribution is 5.69. The van der Waals surface area contributed by atoms with E-state index < -0.39 is 22.3 Å². The molecule has 0 atom stereocenters. The third kappa shape index (κ3) is 3.64. The molecule has 0 aliphatic carbocycles. The second kappa shape index (κ2) is 4.25. The maximum absolute atomic E-state index is 11.3. The Hall–Kier alpha value is -1.99. The van der Waals surface area contributed by atoms with Crippen molar-refractivity contribution < 1.29 is 14.5 Å². The molecule has 1 rings (SSSR count). The van der Waals surface area contributed by atoms with E-state index in [1.807, 2.05) is 0 Å². The molecule has 0 aliphatic rings. The smallest absolute Gasteiger partial charge is 0.410 e. The Morgan fingerprint density at radius 2 is 2.25 bits per heavy atom. The largest absolute Gasteiger partial charge is 0.459 e. The van der Waals surface area contributed by atoms with Crippen LogP contribution in [0.3, 0.4) is 0 Å². The number of nitro groups is 1. The van der Waals surface area contributed by atoms with Gasteiger partial charge in [0.2, 0.25) is 0 Å². The quantitative estimate of drug-likeness (QED) is 0.425. The van der Waals surface area contributed by atoms with Crippen LogP contribution in [-0.2, 0) is 16.1 Å². The second-order valence-electron chi connectivity index (χ2n) is 4.12. The number of ether oxygens (including phenoxy) is 1. The summed E-state index contributed by atoms with van der Waals surface area (Å²) >= 11 is 0. The second-order valence-corrected chi connectivity index (χ2v) is 4.12. The van der Waals surface area contributed by atoms with Crippen molar-refractivity contribution in [3.05, 3.63) is 16.3 Å². The molecule has 1 aromatic rings. The maximum Gasteiger partial charge on any atom is 0.410 e. The number of hydrogen-bond acceptors (Lipinski definition) is 6. The molecule has 1 aromatic heterocycles. The SMILES string of the molecule is CC(C)(C)OC(=O)Cn1cc([N+](=O)[O-])nn1. The molecular weight excluding hydrogens is 216 g/mol. The molecule has 0 amide bonds. The number of hydrogen-bond donors (Lipinski definition) is 0. The normalized spacial score (nSPS) is 11.2. The van der Waals surface area contributed by atoms with Gasteiger partial charge in [-0.3, -0.25) is 4.79 Å². The van der Waals surface area contributed by atoms with Gasteiger partial charge < -0.3 is 14.9 Å². The van der Waals surface area contributed by atoms with E-state index in [0.717, 1.165) is 10.9 Å². The van der Waals surface area contributed by atoms with Gasteiger partial charge in [0, 0.05) is 0 Å². The topological polar surface area (TPSA) is 100 Å². The predicted octanol–water partition coefficient (Wildman–Crippen LogP) is 0.528. The van der Waals surface area contributed by atoms with Gasteiger partial charge in [0.25, 0.3) is 0 Å². The van der Waals surface area contributed by atoms with Gasteiger partial charge in [-0.05, 0) is 25.7 Å². The number of rotatable bonds is 3. The van der Waals surface area contributed by atoms with Gasteiger partial charge in [-0.25, -0.2) is 4.68 Å². The van der Waals surface area contributed by atoms with Crippen molar-refractivity contribution in [3.8, 4) is 0 Å². The minimum absolute atomic E-state index is 0.196. The van der Waals surface area contributed by atoms with Crippen LogP contribution in [0, 0.1) is 10.1 Å². The molecule has 16 heavy (non-hydrogen) atoms. The highest BCUT2D eigenvalue weighted by atomic mass is 16.6. The van der Waals surface area contributed by atoms with Crippen molar-refractivity contribution in [3.63, 3.8) is 0 Å². The molecule has 1 heterocycles. The number of carbonyl (C=O) groups is 1. The Balaban J connectivity index is 2.60. The molecular formula is C8H12N4O4. The van der Waals surface area contributed by atoms with Crippen molar-refractivity contribution in [1.29, 1.82) is 0 Å². The molecule has 8 heteroatoms. The van der Waals surface area contributed by atoms with Crippen molar-refractivity contribution in [2.75, 3.05) is 0 Å². The number of carbonyl (C=O) groups excluding carboxylic acids is 1. The fourth-order valence-electron chi connectivity index (χ4n) is 0.955. The lowest BCUT2D eigenvalue weighted by Gasteiger charge is -2.18. The Kier molecular flexibility index (Phi) is 3.21. The van der Waals surface area contributed by atoms with Crippen LogP contribution in [0.1, 0.15) is 20.8 Å². The zero-order valence-electron chi connectivity index (χ0n) is 9.21. The van der Waals surface area contributed by atoms with Gasteiger partial charge in [0.1, 0.15) is 23.4 Å². The minimum atomic E-state index is -0.682. The molecule has 0 bridgehead atoms. The summed E-state index contributed by atoms with van der Waals surface area (Å²) in [5.74, 6) is -0.921. The molecule has 0 aliphatic heterocycles. The van der Waals surface area contributed by atoms with Gasteiger partial charge in [-0.2, -0.15) is 0 Å². The maximum atomic E-state index is 11.3. The zero-order valence-corrected chi connectivity index (χ0v) is 9.21. The van der Waals surface area contributed by atoms with Crippen LogP contribution in [0.2, 0.25) is 0 Å². The summed E-state index contributed by atoms with van der Waals surface area (Å²) in [6.45, 7) is 5.00. The predicted molar refractivity (Wildman–Crippen MR) is 52.5 cm³/mol. The van der Waals surface area contributed by atoms with Crippen LogP contribution in [0.15, 0.2) is 6.20 Å². The average molecular weight is 228 g/mol. The Morgan fingerprint density at radius 1 is 1.62 bits per heavy atom. The summed E-state index contributed by atoms with van der Waals surface area (Å²) in [5, 5.41) is 17.0. The van der Waals surface area contributed by atoms with Crippen molar-refractivity contribution in [1.82, 2.24) is 15.0 Å². The van der Waals surface area contributed by atoms with Crippen LogP contribution >= 0.6 is 0 Å². The van der Waals surface area contributed by atoms with Gasteiger partial charge >= 0.3 is 11.8 Å². The first-order valence-electron chi connectivity index (χ1n) is 4.54. The standard InChI is InChI=1S/C8H12N4O4/c1-8(2,3)16-7(13)5-11-4-6(9-10-11)12(14)15/h4H,5H2,1-3H3. The Morgan fingerprint density at radius 3 is 2.69 bits per heavy atom.